The van der Waals surface area contributed by atoms with Crippen molar-refractivity contribution in [2.45, 2.75) is 64.6 Å². The van der Waals surface area contributed by atoms with Gasteiger partial charge in [-0.05, 0) is 112 Å². The quantitative estimate of drug-likeness (QED) is 0.116. The van der Waals surface area contributed by atoms with Crippen LogP contribution in [0.2, 0.25) is 10.0 Å². The number of hydrogen-bond donors (Lipinski definition) is 2. The summed E-state index contributed by atoms with van der Waals surface area (Å²) in [7, 11) is 0. The number of aliphatic hydroxyl groups excluding tert-OH is 2. The second-order valence-corrected chi connectivity index (χ2v) is 13.4. The Morgan fingerprint density at radius 3 is 1.60 bits per heavy atom. The summed E-state index contributed by atoms with van der Waals surface area (Å²) in [6.07, 6.45) is 0.0364. The molecule has 272 valence electrons. The fourth-order valence-electron chi connectivity index (χ4n) is 5.13. The molecule has 0 saturated heterocycles. The highest BCUT2D eigenvalue weighted by atomic mass is 35.5. The van der Waals surface area contributed by atoms with Crippen LogP contribution in [-0.2, 0) is 19.1 Å². The molecule has 0 saturated carbocycles. The number of rotatable bonds is 12. The summed E-state index contributed by atoms with van der Waals surface area (Å²) < 4.78 is 22.1. The van der Waals surface area contributed by atoms with Crippen molar-refractivity contribution in [1.29, 1.82) is 0 Å². The lowest BCUT2D eigenvalue weighted by molar-refractivity contribution is -0.150. The highest BCUT2D eigenvalue weighted by Crippen LogP contribution is 2.30. The molecule has 0 amide bonds. The van der Waals surface area contributed by atoms with Crippen molar-refractivity contribution in [2.75, 3.05) is 13.2 Å². The molecule has 4 unspecified atom stereocenters. The second-order valence-electron chi connectivity index (χ2n) is 12.5. The van der Waals surface area contributed by atoms with Crippen LogP contribution in [0.15, 0.2) is 93.8 Å². The fraction of sp³-hybridized carbons (Fsp3) is 0.300. The average molecular weight is 748 g/mol. The van der Waals surface area contributed by atoms with E-state index in [4.69, 9.17) is 46.6 Å². The predicted molar refractivity (Wildman–Crippen MR) is 200 cm³/mol. The molecule has 0 aliphatic rings. The Balaban J connectivity index is 0.000000201. The van der Waals surface area contributed by atoms with E-state index in [0.717, 1.165) is 22.3 Å². The summed E-state index contributed by atoms with van der Waals surface area (Å²) in [4.78, 5) is 33.4. The van der Waals surface area contributed by atoms with E-state index in [1.54, 1.807) is 64.1 Å². The van der Waals surface area contributed by atoms with Crippen LogP contribution in [-0.4, -0.2) is 57.5 Å². The average Bonchev–Trinajstić information content (AvgIpc) is 3.75. The molecule has 0 radical (unpaired) electrons. The van der Waals surface area contributed by atoms with Crippen molar-refractivity contribution in [1.82, 2.24) is 9.97 Å². The van der Waals surface area contributed by atoms with Gasteiger partial charge in [-0.15, -0.1) is 0 Å². The maximum Gasteiger partial charge on any atom is 0.313 e. The number of fused-ring (bicyclic) bond motifs is 2. The first-order valence-corrected chi connectivity index (χ1v) is 17.7. The Morgan fingerprint density at radius 1 is 0.692 bits per heavy atom. The molecule has 0 fully saturated rings. The van der Waals surface area contributed by atoms with Gasteiger partial charge in [-0.2, -0.15) is 0 Å². The van der Waals surface area contributed by atoms with E-state index >= 15 is 0 Å². The highest BCUT2D eigenvalue weighted by Gasteiger charge is 2.21. The second kappa shape index (κ2) is 17.7. The molecule has 0 bridgehead atoms. The van der Waals surface area contributed by atoms with Crippen molar-refractivity contribution in [3.05, 3.63) is 106 Å². The minimum atomic E-state index is -0.490. The molecule has 6 rings (SSSR count). The number of ether oxygens (including phenoxy) is 2. The van der Waals surface area contributed by atoms with Crippen molar-refractivity contribution in [3.63, 3.8) is 0 Å². The lowest BCUT2D eigenvalue weighted by Crippen LogP contribution is -2.20. The molecular formula is C40H40Cl2N2O8. The maximum absolute atomic E-state index is 12.3. The zero-order chi connectivity index (χ0) is 37.4. The van der Waals surface area contributed by atoms with Crippen LogP contribution in [0.25, 0.3) is 45.1 Å². The highest BCUT2D eigenvalue weighted by molar-refractivity contribution is 6.30. The van der Waals surface area contributed by atoms with Gasteiger partial charge in [0.15, 0.2) is 11.2 Å². The lowest BCUT2D eigenvalue weighted by Gasteiger charge is -2.16. The number of halogens is 2. The summed E-state index contributed by atoms with van der Waals surface area (Å²) in [6, 6.07) is 25.4. The number of carbonyl (C=O) groups is 2. The van der Waals surface area contributed by atoms with Gasteiger partial charge in [-0.1, -0.05) is 35.3 Å². The Hall–Kier alpha value is -4.74. The molecule has 2 aromatic heterocycles. The zero-order valence-corrected chi connectivity index (χ0v) is 30.7. The molecule has 0 aliphatic carbocycles. The largest absolute Gasteiger partial charge is 0.465 e. The van der Waals surface area contributed by atoms with Gasteiger partial charge in [0.05, 0.1) is 24.5 Å². The first-order chi connectivity index (χ1) is 24.9. The van der Waals surface area contributed by atoms with Gasteiger partial charge in [-0.25, -0.2) is 9.97 Å². The number of nitrogens with zero attached hydrogens (tertiary/aromatic N) is 2. The fourth-order valence-corrected chi connectivity index (χ4v) is 5.38. The van der Waals surface area contributed by atoms with E-state index in [9.17, 15) is 14.7 Å². The smallest absolute Gasteiger partial charge is 0.313 e. The minimum Gasteiger partial charge on any atom is -0.465 e. The van der Waals surface area contributed by atoms with Gasteiger partial charge in [0, 0.05) is 40.6 Å². The Bertz CT molecular complexity index is 2110. The van der Waals surface area contributed by atoms with E-state index in [1.807, 2.05) is 48.5 Å². The molecule has 6 aromatic rings. The molecule has 4 atom stereocenters. The third-order valence-electron chi connectivity index (χ3n) is 8.35. The lowest BCUT2D eigenvalue weighted by atomic mass is 10.0. The zero-order valence-electron chi connectivity index (χ0n) is 29.2. The third-order valence-corrected chi connectivity index (χ3v) is 8.85. The number of esters is 2. The third kappa shape index (κ3) is 9.98. The summed E-state index contributed by atoms with van der Waals surface area (Å²) in [5, 5.41) is 19.4. The van der Waals surface area contributed by atoms with Gasteiger partial charge in [0.1, 0.15) is 17.1 Å². The Kier molecular flexibility index (Phi) is 13.1. The van der Waals surface area contributed by atoms with E-state index < -0.39 is 17.9 Å². The van der Waals surface area contributed by atoms with E-state index in [0.29, 0.717) is 56.9 Å². The normalized spacial score (nSPS) is 13.5. The molecule has 2 heterocycles. The summed E-state index contributed by atoms with van der Waals surface area (Å²) >= 11 is 11.8. The van der Waals surface area contributed by atoms with Crippen LogP contribution in [0.3, 0.4) is 0 Å². The van der Waals surface area contributed by atoms with Crippen LogP contribution in [0.1, 0.15) is 63.5 Å². The van der Waals surface area contributed by atoms with Crippen LogP contribution >= 0.6 is 23.2 Å². The summed E-state index contributed by atoms with van der Waals surface area (Å²) in [5.41, 5.74) is 5.91. The topological polar surface area (TPSA) is 145 Å². The van der Waals surface area contributed by atoms with Crippen LogP contribution < -0.4 is 0 Å². The number of carbonyl (C=O) groups excluding carboxylic acids is 2. The summed E-state index contributed by atoms with van der Waals surface area (Å²) in [6.45, 7) is 7.18. The molecule has 52 heavy (non-hydrogen) atoms. The first kappa shape index (κ1) is 38.5. The number of aromatic nitrogens is 2. The molecule has 2 N–H and O–H groups in total. The molecule has 0 aliphatic heterocycles. The standard InChI is InChI=1S/2C20H20ClNO4/c1-12(23)9-10-25-20(24)13(2)15-5-8-18-17(11-15)22-19(26-18)14-3-6-16(21)7-4-14;1-12(9-10-23)25-20(24)13(2)15-5-8-18-17(11-15)22-19(26-18)14-3-6-16(21)7-4-14/h2*3-8,11-13,23H,9-10H2,1-2H3. The van der Waals surface area contributed by atoms with Gasteiger partial charge in [-0.3, -0.25) is 9.59 Å². The van der Waals surface area contributed by atoms with E-state index in [1.165, 1.54) is 0 Å². The van der Waals surface area contributed by atoms with Crippen molar-refractivity contribution in [3.8, 4) is 22.9 Å². The maximum atomic E-state index is 12.3. The van der Waals surface area contributed by atoms with Crippen molar-refractivity contribution in [2.24, 2.45) is 0 Å². The minimum absolute atomic E-state index is 0.0127. The van der Waals surface area contributed by atoms with E-state index in [2.05, 4.69) is 9.97 Å². The van der Waals surface area contributed by atoms with Crippen molar-refractivity contribution >= 4 is 57.3 Å². The molecular weight excluding hydrogens is 707 g/mol. The van der Waals surface area contributed by atoms with Gasteiger partial charge in [0.2, 0.25) is 11.8 Å². The number of benzene rings is 4. The van der Waals surface area contributed by atoms with Gasteiger partial charge < -0.3 is 28.5 Å². The SMILES string of the molecule is CC(CCO)OC(=O)C(C)c1ccc2oc(-c3ccc(Cl)cc3)nc2c1.CC(O)CCOC(=O)C(C)c1ccc2oc(-c3ccc(Cl)cc3)nc2c1. The summed E-state index contributed by atoms with van der Waals surface area (Å²) in [5.74, 6) is -0.514. The van der Waals surface area contributed by atoms with Crippen LogP contribution in [0, 0.1) is 0 Å². The molecule has 4 aromatic carbocycles. The number of oxazole rings is 2. The predicted octanol–water partition coefficient (Wildman–Crippen LogP) is 9.13. The Labute approximate surface area is 311 Å². The van der Waals surface area contributed by atoms with Gasteiger partial charge >= 0.3 is 11.9 Å². The number of aliphatic hydroxyl groups is 2. The van der Waals surface area contributed by atoms with Gasteiger partial charge in [0.25, 0.3) is 0 Å². The monoisotopic (exact) mass is 746 g/mol. The van der Waals surface area contributed by atoms with Crippen molar-refractivity contribution < 1.29 is 38.1 Å². The van der Waals surface area contributed by atoms with Crippen LogP contribution in [0.5, 0.6) is 0 Å². The first-order valence-electron chi connectivity index (χ1n) is 16.9. The van der Waals surface area contributed by atoms with E-state index in [-0.39, 0.29) is 31.3 Å². The van der Waals surface area contributed by atoms with Crippen LogP contribution in [0.4, 0.5) is 0 Å². The molecule has 0 spiro atoms. The number of hydrogen-bond acceptors (Lipinski definition) is 10. The molecule has 12 heteroatoms. The molecule has 10 nitrogen and oxygen atoms in total. The Morgan fingerprint density at radius 2 is 1.15 bits per heavy atom.